The fraction of sp³-hybridized carbons (Fsp3) is 0.167. The number of rotatable bonds is 1. The smallest absolute Gasteiger partial charge is 0.233 e. The van der Waals surface area contributed by atoms with Crippen molar-refractivity contribution in [3.8, 4) is 5.75 Å². The number of fused-ring (bicyclic) bond motifs is 1. The first-order valence-corrected chi connectivity index (χ1v) is 4.59. The molecule has 0 aromatic heterocycles. The Labute approximate surface area is 87.4 Å². The molecule has 15 heavy (non-hydrogen) atoms. The highest BCUT2D eigenvalue weighted by Gasteiger charge is 2.23. The molecule has 0 fully saturated rings. The summed E-state index contributed by atoms with van der Waals surface area (Å²) in [6.07, 6.45) is 2.90. The minimum atomic E-state index is -0.477. The third kappa shape index (κ3) is 1.46. The number of carbonyl (C=O) groups excluding carboxylic acids is 2. The normalized spacial score (nSPS) is 14.0. The summed E-state index contributed by atoms with van der Waals surface area (Å²) in [7, 11) is 1.55. The molecule has 1 aliphatic rings. The van der Waals surface area contributed by atoms with Gasteiger partial charge in [-0.3, -0.25) is 9.59 Å². The lowest BCUT2D eigenvalue weighted by Gasteiger charge is -2.13. The van der Waals surface area contributed by atoms with Crippen LogP contribution in [0.3, 0.4) is 0 Å². The van der Waals surface area contributed by atoms with Crippen LogP contribution in [-0.4, -0.2) is 18.7 Å². The summed E-state index contributed by atoms with van der Waals surface area (Å²) in [5.74, 6) is -0.313. The molecule has 3 nitrogen and oxygen atoms in total. The monoisotopic (exact) mass is 202 g/mol. The Bertz CT molecular complexity index is 484. The van der Waals surface area contributed by atoms with Crippen LogP contribution in [0.15, 0.2) is 18.2 Å². The molecule has 0 atom stereocenters. The van der Waals surface area contributed by atoms with Crippen molar-refractivity contribution in [1.82, 2.24) is 0 Å². The summed E-state index contributed by atoms with van der Waals surface area (Å²) in [6, 6.07) is 3.55. The lowest BCUT2D eigenvalue weighted by atomic mass is 9.93. The number of ether oxygens (including phenoxy) is 1. The Kier molecular flexibility index (Phi) is 2.15. The molecular formula is C12H10O3. The van der Waals surface area contributed by atoms with Crippen LogP contribution >= 0.6 is 0 Å². The van der Waals surface area contributed by atoms with Gasteiger partial charge in [-0.1, -0.05) is 0 Å². The summed E-state index contributed by atoms with van der Waals surface area (Å²) in [6.45, 7) is 1.86. The lowest BCUT2D eigenvalue weighted by Crippen LogP contribution is -2.16. The highest BCUT2D eigenvalue weighted by Crippen LogP contribution is 2.28. The first kappa shape index (κ1) is 9.65. The Morgan fingerprint density at radius 2 is 1.87 bits per heavy atom. The van der Waals surface area contributed by atoms with Crippen molar-refractivity contribution in [1.29, 1.82) is 0 Å². The van der Waals surface area contributed by atoms with Gasteiger partial charge < -0.3 is 4.74 Å². The average molecular weight is 202 g/mol. The second kappa shape index (κ2) is 3.35. The highest BCUT2D eigenvalue weighted by molar-refractivity contribution is 6.50. The molecule has 76 valence electrons. The van der Waals surface area contributed by atoms with Crippen molar-refractivity contribution < 1.29 is 14.3 Å². The molecule has 3 heteroatoms. The van der Waals surface area contributed by atoms with Gasteiger partial charge in [-0.25, -0.2) is 0 Å². The van der Waals surface area contributed by atoms with Crippen LogP contribution in [0, 0.1) is 6.92 Å². The van der Waals surface area contributed by atoms with Crippen LogP contribution in [0.2, 0.25) is 0 Å². The average Bonchev–Trinajstić information content (AvgIpc) is 2.23. The number of benzene rings is 1. The Hall–Kier alpha value is -1.90. The van der Waals surface area contributed by atoms with E-state index in [2.05, 4.69) is 0 Å². The predicted molar refractivity (Wildman–Crippen MR) is 56.1 cm³/mol. The number of aryl methyl sites for hydroxylation is 1. The first-order valence-electron chi connectivity index (χ1n) is 4.59. The molecule has 0 amide bonds. The number of Topliss-reactive ketones (excluding diaryl/α,β-unsaturated/α-hetero) is 1. The van der Waals surface area contributed by atoms with Gasteiger partial charge in [0.1, 0.15) is 5.75 Å². The minimum absolute atomic E-state index is 0.430. The largest absolute Gasteiger partial charge is 0.496 e. The Morgan fingerprint density at radius 1 is 1.13 bits per heavy atom. The van der Waals surface area contributed by atoms with Crippen molar-refractivity contribution in [2.24, 2.45) is 0 Å². The molecule has 1 aliphatic carbocycles. The maximum Gasteiger partial charge on any atom is 0.233 e. The van der Waals surface area contributed by atoms with E-state index in [1.54, 1.807) is 19.3 Å². The molecule has 0 spiro atoms. The van der Waals surface area contributed by atoms with Crippen molar-refractivity contribution in [2.45, 2.75) is 6.92 Å². The van der Waals surface area contributed by atoms with Gasteiger partial charge in [0.25, 0.3) is 0 Å². The maximum atomic E-state index is 11.6. The van der Waals surface area contributed by atoms with Crippen molar-refractivity contribution in [2.75, 3.05) is 7.11 Å². The lowest BCUT2D eigenvalue weighted by molar-refractivity contribution is -0.110. The van der Waals surface area contributed by atoms with E-state index in [0.29, 0.717) is 16.9 Å². The van der Waals surface area contributed by atoms with Crippen LogP contribution in [-0.2, 0) is 4.79 Å². The summed E-state index contributed by atoms with van der Waals surface area (Å²) in [5.41, 5.74) is 2.02. The first-order chi connectivity index (χ1) is 7.13. The fourth-order valence-electron chi connectivity index (χ4n) is 1.66. The van der Waals surface area contributed by atoms with E-state index in [0.717, 1.165) is 5.56 Å². The van der Waals surface area contributed by atoms with Crippen molar-refractivity contribution in [3.63, 3.8) is 0 Å². The van der Waals surface area contributed by atoms with E-state index in [9.17, 15) is 9.59 Å². The van der Waals surface area contributed by atoms with Gasteiger partial charge in [0.2, 0.25) is 11.6 Å². The van der Waals surface area contributed by atoms with Crippen LogP contribution in [0.25, 0.3) is 6.08 Å². The van der Waals surface area contributed by atoms with Gasteiger partial charge in [-0.05, 0) is 36.8 Å². The zero-order chi connectivity index (χ0) is 11.0. The minimum Gasteiger partial charge on any atom is -0.496 e. The zero-order valence-electron chi connectivity index (χ0n) is 8.53. The van der Waals surface area contributed by atoms with Crippen LogP contribution < -0.4 is 4.74 Å². The van der Waals surface area contributed by atoms with E-state index in [1.165, 1.54) is 6.08 Å². The number of carbonyl (C=O) groups is 2. The quantitative estimate of drug-likeness (QED) is 0.652. The number of allylic oxidation sites excluding steroid dienone is 1. The Balaban J connectivity index is 2.71. The molecular weight excluding hydrogens is 192 g/mol. The molecule has 2 rings (SSSR count). The van der Waals surface area contributed by atoms with Gasteiger partial charge in [0, 0.05) is 11.1 Å². The zero-order valence-corrected chi connectivity index (χ0v) is 8.53. The molecule has 0 radical (unpaired) electrons. The van der Waals surface area contributed by atoms with Gasteiger partial charge in [0.05, 0.1) is 7.11 Å². The molecule has 0 N–H and O–H groups in total. The summed E-state index contributed by atoms with van der Waals surface area (Å²) in [4.78, 5) is 22.8. The standard InChI is InChI=1S/C12H10O3/c1-7-5-9-8(11(6-7)15-2)3-4-10(13)12(9)14/h3-6H,1-2H3. The van der Waals surface area contributed by atoms with E-state index in [-0.39, 0.29) is 0 Å². The third-order valence-electron chi connectivity index (χ3n) is 2.38. The van der Waals surface area contributed by atoms with E-state index >= 15 is 0 Å². The van der Waals surface area contributed by atoms with E-state index in [4.69, 9.17) is 4.74 Å². The van der Waals surface area contributed by atoms with Crippen LogP contribution in [0.4, 0.5) is 0 Å². The second-order valence-electron chi connectivity index (χ2n) is 3.46. The SMILES string of the molecule is COc1cc(C)cc2c1C=CC(=O)C2=O. The molecule has 1 aromatic carbocycles. The highest BCUT2D eigenvalue weighted by atomic mass is 16.5. The van der Waals surface area contributed by atoms with Crippen molar-refractivity contribution >= 4 is 17.6 Å². The van der Waals surface area contributed by atoms with Crippen molar-refractivity contribution in [3.05, 3.63) is 34.9 Å². The van der Waals surface area contributed by atoms with E-state index < -0.39 is 11.6 Å². The molecule has 0 heterocycles. The van der Waals surface area contributed by atoms with Crippen LogP contribution in [0.5, 0.6) is 5.75 Å². The number of methoxy groups -OCH3 is 1. The van der Waals surface area contributed by atoms with Gasteiger partial charge >= 0.3 is 0 Å². The summed E-state index contributed by atoms with van der Waals surface area (Å²) < 4.78 is 5.16. The van der Waals surface area contributed by atoms with Gasteiger partial charge in [-0.15, -0.1) is 0 Å². The molecule has 0 saturated carbocycles. The fourth-order valence-corrected chi connectivity index (χ4v) is 1.66. The number of hydrogen-bond acceptors (Lipinski definition) is 3. The summed E-state index contributed by atoms with van der Waals surface area (Å²) >= 11 is 0. The Morgan fingerprint density at radius 3 is 2.53 bits per heavy atom. The second-order valence-corrected chi connectivity index (χ2v) is 3.46. The maximum absolute atomic E-state index is 11.6. The molecule has 0 bridgehead atoms. The van der Waals surface area contributed by atoms with E-state index in [1.807, 2.05) is 13.0 Å². The molecule has 1 aromatic rings. The van der Waals surface area contributed by atoms with Gasteiger partial charge in [0.15, 0.2) is 0 Å². The van der Waals surface area contributed by atoms with Gasteiger partial charge in [-0.2, -0.15) is 0 Å². The third-order valence-corrected chi connectivity index (χ3v) is 2.38. The van der Waals surface area contributed by atoms with Crippen LogP contribution in [0.1, 0.15) is 21.5 Å². The molecule has 0 unspecified atom stereocenters. The number of hydrogen-bond donors (Lipinski definition) is 0. The number of ketones is 2. The topological polar surface area (TPSA) is 43.4 Å². The predicted octanol–water partition coefficient (Wildman–Crippen LogP) is 1.78. The molecule has 0 aliphatic heterocycles. The molecule has 0 saturated heterocycles. The summed E-state index contributed by atoms with van der Waals surface area (Å²) in [5, 5.41) is 0.